The van der Waals surface area contributed by atoms with E-state index in [4.69, 9.17) is 11.0 Å². The van der Waals surface area contributed by atoms with E-state index in [1.54, 1.807) is 6.92 Å². The van der Waals surface area contributed by atoms with E-state index < -0.39 is 0 Å². The Morgan fingerprint density at radius 1 is 1.20 bits per heavy atom. The van der Waals surface area contributed by atoms with E-state index in [2.05, 4.69) is 10.3 Å². The third-order valence-corrected chi connectivity index (χ3v) is 4.59. The van der Waals surface area contributed by atoms with Crippen molar-refractivity contribution in [2.24, 2.45) is 0 Å². The number of nitrogens with one attached hydrogen (secondary N) is 1. The minimum atomic E-state index is -0.170. The Bertz CT molecular complexity index is 878. The van der Waals surface area contributed by atoms with Crippen molar-refractivity contribution in [3.63, 3.8) is 0 Å². The first-order valence-electron chi connectivity index (χ1n) is 7.51. The second-order valence-corrected chi connectivity index (χ2v) is 6.42. The Kier molecular flexibility index (Phi) is 5.99. The standard InChI is InChI=1S/C18H17N5OS/c1-11-3-5-13(6-4-11)9-22-16(24)10-25-18-15(8-20)12(2)14(7-19)17(21)23-18/h3-6H,9-10H2,1-2H3,(H2,21,23)(H,22,24). The molecule has 0 aliphatic carbocycles. The number of thioether (sulfide) groups is 1. The molecule has 0 fully saturated rings. The maximum atomic E-state index is 12.0. The number of rotatable bonds is 5. The van der Waals surface area contributed by atoms with Gasteiger partial charge in [-0.1, -0.05) is 41.6 Å². The Labute approximate surface area is 150 Å². The van der Waals surface area contributed by atoms with Crippen LogP contribution in [0.2, 0.25) is 0 Å². The van der Waals surface area contributed by atoms with E-state index in [-0.39, 0.29) is 28.6 Å². The van der Waals surface area contributed by atoms with Crippen LogP contribution in [0, 0.1) is 36.5 Å². The molecule has 0 saturated heterocycles. The molecule has 3 N–H and O–H groups in total. The lowest BCUT2D eigenvalue weighted by atomic mass is 10.1. The van der Waals surface area contributed by atoms with E-state index >= 15 is 0 Å². The molecule has 1 amide bonds. The number of carbonyl (C=O) groups is 1. The highest BCUT2D eigenvalue weighted by molar-refractivity contribution is 8.00. The third kappa shape index (κ3) is 4.50. The van der Waals surface area contributed by atoms with Gasteiger partial charge in [-0.25, -0.2) is 4.98 Å². The Hall–Kier alpha value is -3.03. The summed E-state index contributed by atoms with van der Waals surface area (Å²) < 4.78 is 0. The van der Waals surface area contributed by atoms with Crippen molar-refractivity contribution >= 4 is 23.5 Å². The fourth-order valence-electron chi connectivity index (χ4n) is 2.17. The number of amides is 1. The molecule has 0 saturated carbocycles. The van der Waals surface area contributed by atoms with Crippen molar-refractivity contribution in [3.05, 3.63) is 52.1 Å². The van der Waals surface area contributed by atoms with Gasteiger partial charge in [0, 0.05) is 6.54 Å². The summed E-state index contributed by atoms with van der Waals surface area (Å²) in [7, 11) is 0. The van der Waals surface area contributed by atoms with Crippen molar-refractivity contribution in [2.75, 3.05) is 11.5 Å². The smallest absolute Gasteiger partial charge is 0.230 e. The fourth-order valence-corrected chi connectivity index (χ4v) is 3.04. The fraction of sp³-hybridized carbons (Fsp3) is 0.222. The Balaban J connectivity index is 2.01. The monoisotopic (exact) mass is 351 g/mol. The summed E-state index contributed by atoms with van der Waals surface area (Å²) in [4.78, 5) is 16.1. The molecule has 1 aromatic carbocycles. The highest BCUT2D eigenvalue weighted by Gasteiger charge is 2.16. The quantitative estimate of drug-likeness (QED) is 0.799. The second-order valence-electron chi connectivity index (χ2n) is 5.45. The van der Waals surface area contributed by atoms with E-state index in [1.165, 1.54) is 0 Å². The van der Waals surface area contributed by atoms with Gasteiger partial charge in [-0.15, -0.1) is 0 Å². The van der Waals surface area contributed by atoms with E-state index in [0.717, 1.165) is 22.9 Å². The van der Waals surface area contributed by atoms with Crippen molar-refractivity contribution in [1.82, 2.24) is 10.3 Å². The van der Waals surface area contributed by atoms with Gasteiger partial charge in [0.05, 0.1) is 16.9 Å². The molecular formula is C18H17N5OS. The zero-order valence-corrected chi connectivity index (χ0v) is 14.8. The van der Waals surface area contributed by atoms with Gasteiger partial charge in [0.15, 0.2) is 0 Å². The predicted octanol–water partition coefficient (Wildman–Crippen LogP) is 2.43. The van der Waals surface area contributed by atoms with Crippen LogP contribution in [0.4, 0.5) is 5.82 Å². The number of benzene rings is 1. The lowest BCUT2D eigenvalue weighted by molar-refractivity contribution is -0.118. The van der Waals surface area contributed by atoms with E-state index in [1.807, 2.05) is 43.3 Å². The molecule has 0 atom stereocenters. The number of aromatic nitrogens is 1. The molecule has 6 nitrogen and oxygen atoms in total. The van der Waals surface area contributed by atoms with Gasteiger partial charge in [0.2, 0.25) is 5.91 Å². The average Bonchev–Trinajstić information content (AvgIpc) is 2.59. The first-order valence-corrected chi connectivity index (χ1v) is 8.50. The summed E-state index contributed by atoms with van der Waals surface area (Å²) in [6.45, 7) is 4.09. The van der Waals surface area contributed by atoms with Gasteiger partial charge in [-0.2, -0.15) is 10.5 Å². The van der Waals surface area contributed by atoms with Crippen LogP contribution in [0.1, 0.15) is 27.8 Å². The van der Waals surface area contributed by atoms with Gasteiger partial charge >= 0.3 is 0 Å². The van der Waals surface area contributed by atoms with E-state index in [9.17, 15) is 10.1 Å². The molecule has 126 valence electrons. The molecule has 7 heteroatoms. The number of aryl methyl sites for hydroxylation is 1. The molecule has 1 aromatic heterocycles. The summed E-state index contributed by atoms with van der Waals surface area (Å²) in [6, 6.07) is 11.9. The zero-order valence-electron chi connectivity index (χ0n) is 14.0. The first kappa shape index (κ1) is 18.3. The van der Waals surface area contributed by atoms with Crippen LogP contribution in [0.15, 0.2) is 29.3 Å². The number of nitrogens with two attached hydrogens (primary N) is 1. The molecule has 2 aromatic rings. The summed E-state index contributed by atoms with van der Waals surface area (Å²) in [5, 5.41) is 21.6. The van der Waals surface area contributed by atoms with Crippen LogP contribution in [0.3, 0.4) is 0 Å². The molecule has 0 radical (unpaired) electrons. The van der Waals surface area contributed by atoms with Crippen molar-refractivity contribution in [2.45, 2.75) is 25.4 Å². The third-order valence-electron chi connectivity index (χ3n) is 3.62. The number of hydrogen-bond donors (Lipinski definition) is 2. The largest absolute Gasteiger partial charge is 0.383 e. The van der Waals surface area contributed by atoms with Crippen LogP contribution < -0.4 is 11.1 Å². The summed E-state index contributed by atoms with van der Waals surface area (Å²) in [6.07, 6.45) is 0. The molecule has 25 heavy (non-hydrogen) atoms. The maximum absolute atomic E-state index is 12.0. The number of carbonyl (C=O) groups excluding carboxylic acids is 1. The molecule has 0 unspecified atom stereocenters. The Morgan fingerprint density at radius 2 is 1.84 bits per heavy atom. The first-order chi connectivity index (χ1) is 12.0. The summed E-state index contributed by atoms with van der Waals surface area (Å²) in [5.41, 5.74) is 8.89. The van der Waals surface area contributed by atoms with Crippen molar-refractivity contribution in [3.8, 4) is 12.1 Å². The van der Waals surface area contributed by atoms with Gasteiger partial charge in [0.1, 0.15) is 23.0 Å². The normalized spacial score (nSPS) is 9.92. The lowest BCUT2D eigenvalue weighted by Crippen LogP contribution is -2.24. The topological polar surface area (TPSA) is 116 Å². The van der Waals surface area contributed by atoms with Gasteiger partial charge in [0.25, 0.3) is 0 Å². The number of nitrogen functional groups attached to an aromatic ring is 1. The maximum Gasteiger partial charge on any atom is 0.230 e. The molecule has 0 spiro atoms. The minimum Gasteiger partial charge on any atom is -0.383 e. The Morgan fingerprint density at radius 3 is 2.44 bits per heavy atom. The second kappa shape index (κ2) is 8.18. The minimum absolute atomic E-state index is 0.0709. The van der Waals surface area contributed by atoms with Gasteiger partial charge in [-0.05, 0) is 25.0 Å². The van der Waals surface area contributed by atoms with Gasteiger partial charge in [-0.3, -0.25) is 4.79 Å². The van der Waals surface area contributed by atoms with Gasteiger partial charge < -0.3 is 11.1 Å². The van der Waals surface area contributed by atoms with Crippen LogP contribution in [-0.2, 0) is 11.3 Å². The average molecular weight is 351 g/mol. The molecular weight excluding hydrogens is 334 g/mol. The van der Waals surface area contributed by atoms with E-state index in [0.29, 0.717) is 17.1 Å². The van der Waals surface area contributed by atoms with Crippen LogP contribution in [0.5, 0.6) is 0 Å². The molecule has 2 rings (SSSR count). The molecule has 1 heterocycles. The summed E-state index contributed by atoms with van der Waals surface area (Å²) in [5.74, 6) is 0.0108. The predicted molar refractivity (Wildman–Crippen MR) is 96.6 cm³/mol. The number of nitriles is 2. The number of hydrogen-bond acceptors (Lipinski definition) is 6. The lowest BCUT2D eigenvalue weighted by Gasteiger charge is -2.10. The number of pyridine rings is 1. The SMILES string of the molecule is Cc1ccc(CNC(=O)CSc2nc(N)c(C#N)c(C)c2C#N)cc1. The highest BCUT2D eigenvalue weighted by Crippen LogP contribution is 2.27. The highest BCUT2D eigenvalue weighted by atomic mass is 32.2. The van der Waals surface area contributed by atoms with Crippen LogP contribution in [-0.4, -0.2) is 16.6 Å². The number of anilines is 1. The molecule has 0 aliphatic heterocycles. The van der Waals surface area contributed by atoms with Crippen molar-refractivity contribution in [1.29, 1.82) is 10.5 Å². The zero-order chi connectivity index (χ0) is 18.4. The van der Waals surface area contributed by atoms with Crippen LogP contribution in [0.25, 0.3) is 0 Å². The number of nitrogens with zero attached hydrogens (tertiary/aromatic N) is 3. The van der Waals surface area contributed by atoms with Crippen LogP contribution >= 0.6 is 11.8 Å². The molecule has 0 aliphatic rings. The summed E-state index contributed by atoms with van der Waals surface area (Å²) >= 11 is 1.13. The van der Waals surface area contributed by atoms with Crippen molar-refractivity contribution < 1.29 is 4.79 Å². The molecule has 0 bridgehead atoms.